The van der Waals surface area contributed by atoms with Crippen LogP contribution in [0.3, 0.4) is 0 Å². The molecule has 0 aliphatic rings. The van der Waals surface area contributed by atoms with E-state index >= 15 is 0 Å². The van der Waals surface area contributed by atoms with Crippen molar-refractivity contribution in [2.75, 3.05) is 0 Å². The van der Waals surface area contributed by atoms with Gasteiger partial charge in [0.15, 0.2) is 18.0 Å². The lowest BCUT2D eigenvalue weighted by atomic mass is 10.0. The first-order chi connectivity index (χ1) is 6.52. The molecule has 1 aromatic rings. The molecule has 0 fully saturated rings. The largest absolute Gasteiger partial charge is 0.550 e. The number of hydrogen-bond acceptors (Lipinski definition) is 3. The van der Waals surface area contributed by atoms with Crippen LogP contribution in [0, 0.1) is 5.92 Å². The standard InChI is InChI=1S/C10H13NO3/c1-7(10(13)14)8(2)11-5-3-4-9(12)6-11/h3-8H,1-2H3,(H-,12,13,14). The molecular weight excluding hydrogens is 182 g/mol. The quantitative estimate of drug-likeness (QED) is 0.669. The van der Waals surface area contributed by atoms with Gasteiger partial charge in [0, 0.05) is 6.07 Å². The maximum absolute atomic E-state index is 10.6. The number of pyridine rings is 1. The van der Waals surface area contributed by atoms with Gasteiger partial charge in [0.25, 0.3) is 0 Å². The molecular formula is C10H13NO3. The highest BCUT2D eigenvalue weighted by atomic mass is 16.4. The first-order valence-corrected chi connectivity index (χ1v) is 4.43. The number of hydrogen-bond donors (Lipinski definition) is 1. The summed E-state index contributed by atoms with van der Waals surface area (Å²) in [7, 11) is 0. The fourth-order valence-corrected chi connectivity index (χ4v) is 1.19. The molecule has 4 heteroatoms. The van der Waals surface area contributed by atoms with E-state index in [1.807, 2.05) is 0 Å². The van der Waals surface area contributed by atoms with Crippen LogP contribution >= 0.6 is 0 Å². The van der Waals surface area contributed by atoms with Crippen molar-refractivity contribution in [3.05, 3.63) is 24.5 Å². The molecule has 14 heavy (non-hydrogen) atoms. The second kappa shape index (κ2) is 4.09. The Kier molecular flexibility index (Phi) is 3.06. The number of rotatable bonds is 3. The van der Waals surface area contributed by atoms with Crippen LogP contribution < -0.4 is 9.67 Å². The predicted octanol–water partition coefficient (Wildman–Crippen LogP) is -0.373. The highest BCUT2D eigenvalue weighted by molar-refractivity contribution is 5.67. The fourth-order valence-electron chi connectivity index (χ4n) is 1.19. The van der Waals surface area contributed by atoms with Gasteiger partial charge in [0.05, 0.1) is 11.9 Å². The zero-order valence-electron chi connectivity index (χ0n) is 8.18. The van der Waals surface area contributed by atoms with Crippen LogP contribution in [-0.2, 0) is 4.79 Å². The maximum Gasteiger partial charge on any atom is 0.211 e. The molecule has 2 atom stereocenters. The van der Waals surface area contributed by atoms with Crippen molar-refractivity contribution in [3.8, 4) is 5.75 Å². The van der Waals surface area contributed by atoms with Crippen LogP contribution in [0.1, 0.15) is 19.9 Å². The highest BCUT2D eigenvalue weighted by Gasteiger charge is 2.21. The van der Waals surface area contributed by atoms with Crippen LogP contribution in [0.2, 0.25) is 0 Å². The van der Waals surface area contributed by atoms with Crippen molar-refractivity contribution in [3.63, 3.8) is 0 Å². The van der Waals surface area contributed by atoms with Gasteiger partial charge in [-0.05, 0) is 13.0 Å². The molecule has 0 spiro atoms. The number of nitrogens with zero attached hydrogens (tertiary/aromatic N) is 1. The van der Waals surface area contributed by atoms with E-state index in [4.69, 9.17) is 0 Å². The van der Waals surface area contributed by atoms with E-state index in [0.29, 0.717) is 0 Å². The fraction of sp³-hybridized carbons (Fsp3) is 0.400. The Morgan fingerprint density at radius 1 is 1.57 bits per heavy atom. The van der Waals surface area contributed by atoms with Crippen LogP contribution in [-0.4, -0.2) is 11.1 Å². The smallest absolute Gasteiger partial charge is 0.211 e. The van der Waals surface area contributed by atoms with Crippen LogP contribution in [0.15, 0.2) is 24.5 Å². The molecule has 0 saturated carbocycles. The Hall–Kier alpha value is -1.58. The first-order valence-electron chi connectivity index (χ1n) is 4.43. The average Bonchev–Trinajstić information content (AvgIpc) is 2.15. The van der Waals surface area contributed by atoms with Gasteiger partial charge in [-0.2, -0.15) is 4.57 Å². The number of carboxylic acids is 1. The van der Waals surface area contributed by atoms with Gasteiger partial charge >= 0.3 is 0 Å². The molecule has 0 aromatic carbocycles. The van der Waals surface area contributed by atoms with E-state index < -0.39 is 11.9 Å². The van der Waals surface area contributed by atoms with Crippen molar-refractivity contribution >= 4 is 5.97 Å². The Bertz CT molecular complexity index is 338. The highest BCUT2D eigenvalue weighted by Crippen LogP contribution is 2.11. The molecule has 2 unspecified atom stereocenters. The van der Waals surface area contributed by atoms with Gasteiger partial charge < -0.3 is 15.0 Å². The van der Waals surface area contributed by atoms with Crippen molar-refractivity contribution in [1.29, 1.82) is 0 Å². The van der Waals surface area contributed by atoms with Gasteiger partial charge in [-0.15, -0.1) is 0 Å². The van der Waals surface area contributed by atoms with Crippen LogP contribution in [0.5, 0.6) is 5.75 Å². The molecule has 0 aliphatic carbocycles. The Balaban J connectivity index is 2.89. The van der Waals surface area contributed by atoms with E-state index in [9.17, 15) is 15.0 Å². The predicted molar refractivity (Wildman–Crippen MR) is 47.2 cm³/mol. The van der Waals surface area contributed by atoms with E-state index in [-0.39, 0.29) is 11.8 Å². The van der Waals surface area contributed by atoms with Crippen molar-refractivity contribution in [2.24, 2.45) is 5.92 Å². The first kappa shape index (κ1) is 10.5. The summed E-state index contributed by atoms with van der Waals surface area (Å²) in [4.78, 5) is 10.6. The number of aromatic hydroxyl groups is 1. The second-order valence-electron chi connectivity index (χ2n) is 3.36. The summed E-state index contributed by atoms with van der Waals surface area (Å²) in [6, 6.07) is 2.95. The molecule has 1 aromatic heterocycles. The van der Waals surface area contributed by atoms with Crippen molar-refractivity contribution < 1.29 is 19.6 Å². The Labute approximate surface area is 82.4 Å². The Morgan fingerprint density at radius 2 is 2.21 bits per heavy atom. The molecule has 0 aliphatic heterocycles. The molecule has 0 amide bonds. The minimum absolute atomic E-state index is 0.116. The summed E-state index contributed by atoms with van der Waals surface area (Å²) in [5, 5.41) is 19.8. The molecule has 0 bridgehead atoms. The van der Waals surface area contributed by atoms with Gasteiger partial charge in [0.2, 0.25) is 6.20 Å². The molecule has 1 rings (SSSR count). The average molecular weight is 195 g/mol. The van der Waals surface area contributed by atoms with Crippen LogP contribution in [0.4, 0.5) is 0 Å². The van der Waals surface area contributed by atoms with Crippen LogP contribution in [0.25, 0.3) is 0 Å². The monoisotopic (exact) mass is 195 g/mol. The Morgan fingerprint density at radius 3 is 2.71 bits per heavy atom. The van der Waals surface area contributed by atoms with E-state index in [1.165, 1.54) is 12.3 Å². The van der Waals surface area contributed by atoms with E-state index in [0.717, 1.165) is 0 Å². The summed E-state index contributed by atoms with van der Waals surface area (Å²) in [6.45, 7) is 3.34. The molecule has 0 saturated heterocycles. The molecule has 1 heterocycles. The third kappa shape index (κ3) is 2.22. The summed E-state index contributed by atoms with van der Waals surface area (Å²) in [5.74, 6) is -1.57. The molecule has 0 radical (unpaired) electrons. The lowest BCUT2D eigenvalue weighted by Gasteiger charge is -2.16. The summed E-state index contributed by atoms with van der Waals surface area (Å²) < 4.78 is 1.65. The van der Waals surface area contributed by atoms with Crippen molar-refractivity contribution in [2.45, 2.75) is 19.9 Å². The third-order valence-corrected chi connectivity index (χ3v) is 2.37. The lowest BCUT2D eigenvalue weighted by Crippen LogP contribution is -2.46. The second-order valence-corrected chi connectivity index (χ2v) is 3.36. The topological polar surface area (TPSA) is 64.2 Å². The minimum Gasteiger partial charge on any atom is -0.550 e. The SMILES string of the molecule is CC(C(=O)[O-])C(C)[n+]1cccc(O)c1. The number of carbonyl (C=O) groups excluding carboxylic acids is 1. The van der Waals surface area contributed by atoms with Crippen molar-refractivity contribution in [1.82, 2.24) is 0 Å². The number of carboxylic acid groups (broad SMARTS) is 1. The van der Waals surface area contributed by atoms with E-state index in [2.05, 4.69) is 0 Å². The molecule has 4 nitrogen and oxygen atoms in total. The minimum atomic E-state index is -1.09. The number of carbonyl (C=O) groups is 1. The summed E-state index contributed by atoms with van der Waals surface area (Å²) in [5.41, 5.74) is 0. The van der Waals surface area contributed by atoms with Gasteiger partial charge in [0.1, 0.15) is 0 Å². The van der Waals surface area contributed by atoms with Gasteiger partial charge in [-0.3, -0.25) is 0 Å². The third-order valence-electron chi connectivity index (χ3n) is 2.37. The van der Waals surface area contributed by atoms with Gasteiger partial charge in [-0.25, -0.2) is 0 Å². The lowest BCUT2D eigenvalue weighted by molar-refractivity contribution is -0.725. The molecule has 1 N–H and O–H groups in total. The zero-order chi connectivity index (χ0) is 10.7. The van der Waals surface area contributed by atoms with E-state index in [1.54, 1.807) is 30.7 Å². The number of aliphatic carboxylic acids is 1. The normalized spacial score (nSPS) is 14.7. The summed E-state index contributed by atoms with van der Waals surface area (Å²) >= 11 is 0. The zero-order valence-corrected chi connectivity index (χ0v) is 8.18. The van der Waals surface area contributed by atoms with Gasteiger partial charge in [-0.1, -0.05) is 6.92 Å². The maximum atomic E-state index is 10.6. The molecule has 76 valence electrons. The summed E-state index contributed by atoms with van der Waals surface area (Å²) in [6.07, 6.45) is 3.20. The number of aromatic nitrogens is 1.